The fourth-order valence-corrected chi connectivity index (χ4v) is 2.67. The van der Waals surface area contributed by atoms with E-state index in [2.05, 4.69) is 4.72 Å². The van der Waals surface area contributed by atoms with Gasteiger partial charge < -0.3 is 4.74 Å². The minimum Gasteiger partial charge on any atom is -0.385 e. The minimum atomic E-state index is -3.20. The van der Waals surface area contributed by atoms with Gasteiger partial charge in [-0.25, -0.2) is 13.1 Å². The second-order valence-electron chi connectivity index (χ2n) is 3.70. The predicted octanol–water partition coefficient (Wildman–Crippen LogP) is 1.21. The number of sulfonamides is 1. The highest BCUT2D eigenvalue weighted by molar-refractivity contribution is 7.89. The van der Waals surface area contributed by atoms with Crippen molar-refractivity contribution in [2.45, 2.75) is 26.3 Å². The molecule has 0 aromatic heterocycles. The summed E-state index contributed by atoms with van der Waals surface area (Å²) in [7, 11) is -1.64. The summed E-state index contributed by atoms with van der Waals surface area (Å²) in [4.78, 5) is 0. The summed E-state index contributed by atoms with van der Waals surface area (Å²) in [6.07, 6.45) is 0.508. The van der Waals surface area contributed by atoms with Crippen molar-refractivity contribution in [3.8, 4) is 0 Å². The molecule has 6 heteroatoms. The Kier molecular flexibility index (Phi) is 7.52. The maximum atomic E-state index is 11.5. The zero-order valence-corrected chi connectivity index (χ0v) is 11.1. The summed E-state index contributed by atoms with van der Waals surface area (Å²) in [6.45, 7) is 4.19. The zero-order valence-electron chi connectivity index (χ0n) is 9.49. The summed E-state index contributed by atoms with van der Waals surface area (Å²) >= 11 is 5.65. The van der Waals surface area contributed by atoms with Crippen LogP contribution in [0.3, 0.4) is 0 Å². The third-order valence-electron chi connectivity index (χ3n) is 2.22. The Morgan fingerprint density at radius 1 is 1.40 bits per heavy atom. The minimum absolute atomic E-state index is 0.0974. The standard InChI is InChI=1S/C9H20ClNO3S/c1-8(7-10)9(2)11-15(12,13)6-4-5-14-3/h8-9,11H,4-7H2,1-3H3. The smallest absolute Gasteiger partial charge is 0.211 e. The number of methoxy groups -OCH3 is 1. The number of ether oxygens (including phenoxy) is 1. The van der Waals surface area contributed by atoms with Crippen molar-refractivity contribution in [3.05, 3.63) is 0 Å². The molecule has 0 aromatic carbocycles. The molecule has 2 unspecified atom stereocenters. The number of rotatable bonds is 8. The van der Waals surface area contributed by atoms with Crippen LogP contribution in [0.1, 0.15) is 20.3 Å². The van der Waals surface area contributed by atoms with Crippen molar-refractivity contribution in [3.63, 3.8) is 0 Å². The van der Waals surface area contributed by atoms with Gasteiger partial charge in [0.25, 0.3) is 0 Å². The van der Waals surface area contributed by atoms with Crippen LogP contribution in [0, 0.1) is 5.92 Å². The molecule has 0 saturated carbocycles. The molecule has 0 aromatic rings. The molecular formula is C9H20ClNO3S. The first-order valence-electron chi connectivity index (χ1n) is 4.98. The van der Waals surface area contributed by atoms with Crippen molar-refractivity contribution in [1.29, 1.82) is 0 Å². The third kappa shape index (κ3) is 7.11. The topological polar surface area (TPSA) is 55.4 Å². The van der Waals surface area contributed by atoms with Gasteiger partial charge in [-0.2, -0.15) is 0 Å². The average molecular weight is 258 g/mol. The average Bonchev–Trinajstić information content (AvgIpc) is 2.16. The highest BCUT2D eigenvalue weighted by atomic mass is 35.5. The lowest BCUT2D eigenvalue weighted by molar-refractivity contribution is 0.199. The van der Waals surface area contributed by atoms with Gasteiger partial charge in [0.15, 0.2) is 0 Å². The van der Waals surface area contributed by atoms with Crippen LogP contribution < -0.4 is 4.72 Å². The molecule has 92 valence electrons. The first kappa shape index (κ1) is 15.2. The molecule has 0 aliphatic rings. The molecule has 0 radical (unpaired) electrons. The first-order chi connectivity index (χ1) is 6.93. The van der Waals surface area contributed by atoms with E-state index in [4.69, 9.17) is 16.3 Å². The van der Waals surface area contributed by atoms with Gasteiger partial charge in [-0.15, -0.1) is 11.6 Å². The van der Waals surface area contributed by atoms with E-state index in [-0.39, 0.29) is 17.7 Å². The van der Waals surface area contributed by atoms with E-state index < -0.39 is 10.0 Å². The van der Waals surface area contributed by atoms with E-state index in [1.807, 2.05) is 13.8 Å². The van der Waals surface area contributed by atoms with Crippen LogP contribution in [0.15, 0.2) is 0 Å². The fraction of sp³-hybridized carbons (Fsp3) is 1.00. The number of nitrogens with one attached hydrogen (secondary N) is 1. The van der Waals surface area contributed by atoms with Gasteiger partial charge in [0.1, 0.15) is 0 Å². The Hall–Kier alpha value is 0.160. The molecule has 0 bridgehead atoms. The van der Waals surface area contributed by atoms with Gasteiger partial charge in [-0.1, -0.05) is 6.92 Å². The number of hydrogen-bond donors (Lipinski definition) is 1. The molecule has 0 amide bonds. The van der Waals surface area contributed by atoms with Crippen molar-refractivity contribution in [2.75, 3.05) is 25.3 Å². The maximum absolute atomic E-state index is 11.5. The monoisotopic (exact) mass is 257 g/mol. The molecule has 0 rings (SSSR count). The Morgan fingerprint density at radius 2 is 2.00 bits per heavy atom. The normalized spacial score (nSPS) is 16.3. The maximum Gasteiger partial charge on any atom is 0.211 e. The molecule has 15 heavy (non-hydrogen) atoms. The molecule has 1 N–H and O–H groups in total. The quantitative estimate of drug-likeness (QED) is 0.525. The summed E-state index contributed by atoms with van der Waals surface area (Å²) in [5.74, 6) is 0.672. The van der Waals surface area contributed by atoms with E-state index in [9.17, 15) is 8.42 Å². The summed E-state index contributed by atoms with van der Waals surface area (Å²) < 4.78 is 30.4. The predicted molar refractivity (Wildman–Crippen MR) is 62.8 cm³/mol. The largest absolute Gasteiger partial charge is 0.385 e. The van der Waals surface area contributed by atoms with Gasteiger partial charge in [-0.3, -0.25) is 0 Å². The zero-order chi connectivity index (χ0) is 11.9. The molecule has 0 spiro atoms. The third-order valence-corrected chi connectivity index (χ3v) is 4.27. The number of halogens is 1. The number of alkyl halides is 1. The molecule has 0 heterocycles. The van der Waals surface area contributed by atoms with Crippen LogP contribution in [0.25, 0.3) is 0 Å². The van der Waals surface area contributed by atoms with Crippen LogP contribution in [0.2, 0.25) is 0 Å². The van der Waals surface area contributed by atoms with Crippen LogP contribution in [0.5, 0.6) is 0 Å². The molecular weight excluding hydrogens is 238 g/mol. The highest BCUT2D eigenvalue weighted by Crippen LogP contribution is 2.06. The number of hydrogen-bond acceptors (Lipinski definition) is 3. The van der Waals surface area contributed by atoms with Crippen molar-refractivity contribution < 1.29 is 13.2 Å². The van der Waals surface area contributed by atoms with Crippen LogP contribution in [0.4, 0.5) is 0 Å². The molecule has 0 fully saturated rings. The Balaban J connectivity index is 4.02. The Bertz CT molecular complexity index is 256. The second-order valence-corrected chi connectivity index (χ2v) is 5.89. The van der Waals surface area contributed by atoms with Crippen LogP contribution in [-0.2, 0) is 14.8 Å². The first-order valence-corrected chi connectivity index (χ1v) is 7.16. The Labute approximate surface area is 97.4 Å². The van der Waals surface area contributed by atoms with Gasteiger partial charge in [0.05, 0.1) is 5.75 Å². The summed E-state index contributed by atoms with van der Waals surface area (Å²) in [5, 5.41) is 0. The summed E-state index contributed by atoms with van der Waals surface area (Å²) in [5.41, 5.74) is 0. The van der Waals surface area contributed by atoms with E-state index in [1.165, 1.54) is 0 Å². The molecule has 0 aliphatic heterocycles. The van der Waals surface area contributed by atoms with Gasteiger partial charge in [0, 0.05) is 25.6 Å². The van der Waals surface area contributed by atoms with Gasteiger partial charge in [0.2, 0.25) is 10.0 Å². The van der Waals surface area contributed by atoms with E-state index in [0.29, 0.717) is 18.9 Å². The van der Waals surface area contributed by atoms with Gasteiger partial charge in [-0.05, 0) is 19.3 Å². The van der Waals surface area contributed by atoms with E-state index >= 15 is 0 Å². The molecule has 2 atom stereocenters. The van der Waals surface area contributed by atoms with E-state index in [0.717, 1.165) is 0 Å². The van der Waals surface area contributed by atoms with Crippen LogP contribution >= 0.6 is 11.6 Å². The van der Waals surface area contributed by atoms with Crippen molar-refractivity contribution in [2.24, 2.45) is 5.92 Å². The second kappa shape index (κ2) is 7.44. The lowest BCUT2D eigenvalue weighted by Gasteiger charge is -2.18. The highest BCUT2D eigenvalue weighted by Gasteiger charge is 2.18. The molecule has 4 nitrogen and oxygen atoms in total. The molecule has 0 saturated heterocycles. The molecule has 0 aliphatic carbocycles. The van der Waals surface area contributed by atoms with Crippen molar-refractivity contribution >= 4 is 21.6 Å². The summed E-state index contributed by atoms with van der Waals surface area (Å²) in [6, 6.07) is -0.130. The lowest BCUT2D eigenvalue weighted by atomic mass is 10.1. The lowest BCUT2D eigenvalue weighted by Crippen LogP contribution is -2.39. The van der Waals surface area contributed by atoms with E-state index in [1.54, 1.807) is 7.11 Å². The SMILES string of the molecule is COCCCS(=O)(=O)NC(C)C(C)CCl. The van der Waals surface area contributed by atoms with Gasteiger partial charge >= 0.3 is 0 Å². The fourth-order valence-electron chi connectivity index (χ4n) is 0.985. The van der Waals surface area contributed by atoms with Crippen molar-refractivity contribution in [1.82, 2.24) is 4.72 Å². The Morgan fingerprint density at radius 3 is 2.47 bits per heavy atom. The van der Waals surface area contributed by atoms with Crippen LogP contribution in [-0.4, -0.2) is 39.8 Å².